The lowest BCUT2D eigenvalue weighted by Gasteiger charge is -2.13. The van der Waals surface area contributed by atoms with Gasteiger partial charge in [0.25, 0.3) is 0 Å². The van der Waals surface area contributed by atoms with Gasteiger partial charge in [-0.05, 0) is 25.0 Å². The van der Waals surface area contributed by atoms with Crippen molar-refractivity contribution in [2.24, 2.45) is 5.92 Å². The molecule has 0 bridgehead atoms. The van der Waals surface area contributed by atoms with Crippen molar-refractivity contribution < 1.29 is 14.7 Å². The quantitative estimate of drug-likeness (QED) is 0.672. The van der Waals surface area contributed by atoms with Crippen LogP contribution in [0.4, 0.5) is 4.79 Å². The van der Waals surface area contributed by atoms with E-state index in [1.54, 1.807) is 6.92 Å². The lowest BCUT2D eigenvalue weighted by molar-refractivity contribution is -0.141. The minimum Gasteiger partial charge on any atom is -0.481 e. The first-order valence-electron chi connectivity index (χ1n) is 5.99. The molecule has 1 aliphatic rings. The van der Waals surface area contributed by atoms with Crippen LogP contribution in [0.3, 0.4) is 0 Å². The number of rotatable bonds is 6. The highest BCUT2D eigenvalue weighted by molar-refractivity contribution is 8.00. The van der Waals surface area contributed by atoms with Crippen LogP contribution in [0.15, 0.2) is 0 Å². The summed E-state index contributed by atoms with van der Waals surface area (Å²) in [6, 6.07) is -0.266. The predicted molar refractivity (Wildman–Crippen MR) is 68.3 cm³/mol. The molecular weight excluding hydrogens is 240 g/mol. The van der Waals surface area contributed by atoms with Crippen molar-refractivity contribution >= 4 is 23.8 Å². The first-order valence-corrected chi connectivity index (χ1v) is 7.04. The van der Waals surface area contributed by atoms with Crippen molar-refractivity contribution in [3.05, 3.63) is 0 Å². The first kappa shape index (κ1) is 14.2. The zero-order valence-electron chi connectivity index (χ0n) is 10.1. The van der Waals surface area contributed by atoms with E-state index in [-0.39, 0.29) is 12.6 Å². The number of urea groups is 1. The molecule has 1 rings (SSSR count). The van der Waals surface area contributed by atoms with Crippen molar-refractivity contribution in [3.63, 3.8) is 0 Å². The molecule has 2 atom stereocenters. The standard InChI is InChI=1S/C11H20N2O3S/c1-2-8(10(14)15)6-12-11(16)13-7-9-4-3-5-17-9/h8-9H,2-7H2,1H3,(H,14,15)(H2,12,13,16). The number of hydrogen-bond donors (Lipinski definition) is 3. The summed E-state index contributed by atoms with van der Waals surface area (Å²) in [6.07, 6.45) is 2.89. The Morgan fingerprint density at radius 3 is 2.76 bits per heavy atom. The van der Waals surface area contributed by atoms with Crippen molar-refractivity contribution in [3.8, 4) is 0 Å². The Balaban J connectivity index is 2.13. The third-order valence-corrected chi connectivity index (χ3v) is 4.26. The third kappa shape index (κ3) is 5.30. The van der Waals surface area contributed by atoms with Gasteiger partial charge in [0.2, 0.25) is 0 Å². The van der Waals surface area contributed by atoms with Gasteiger partial charge in [0.05, 0.1) is 5.92 Å². The summed E-state index contributed by atoms with van der Waals surface area (Å²) in [6.45, 7) is 2.66. The van der Waals surface area contributed by atoms with E-state index in [0.29, 0.717) is 18.2 Å². The topological polar surface area (TPSA) is 78.4 Å². The molecule has 0 aliphatic carbocycles. The summed E-state index contributed by atoms with van der Waals surface area (Å²) in [5.41, 5.74) is 0. The van der Waals surface area contributed by atoms with Crippen LogP contribution >= 0.6 is 11.8 Å². The van der Waals surface area contributed by atoms with Gasteiger partial charge < -0.3 is 15.7 Å². The van der Waals surface area contributed by atoms with Gasteiger partial charge in [0.1, 0.15) is 0 Å². The van der Waals surface area contributed by atoms with Gasteiger partial charge in [0.15, 0.2) is 0 Å². The normalized spacial score (nSPS) is 20.9. The Bertz CT molecular complexity index is 267. The van der Waals surface area contributed by atoms with Gasteiger partial charge in [-0.3, -0.25) is 4.79 Å². The number of carbonyl (C=O) groups excluding carboxylic acids is 1. The molecule has 98 valence electrons. The van der Waals surface area contributed by atoms with Crippen molar-refractivity contribution in [2.75, 3.05) is 18.8 Å². The largest absolute Gasteiger partial charge is 0.481 e. The lowest BCUT2D eigenvalue weighted by atomic mass is 10.1. The number of nitrogens with one attached hydrogen (secondary N) is 2. The Hall–Kier alpha value is -0.910. The Morgan fingerprint density at radius 1 is 1.47 bits per heavy atom. The number of carbonyl (C=O) groups is 2. The molecule has 0 aromatic heterocycles. The van der Waals surface area contributed by atoms with E-state index in [0.717, 1.165) is 6.42 Å². The van der Waals surface area contributed by atoms with E-state index >= 15 is 0 Å². The van der Waals surface area contributed by atoms with E-state index in [1.165, 1.54) is 12.2 Å². The second kappa shape index (κ2) is 7.42. The number of carboxylic acids is 1. The molecule has 0 radical (unpaired) electrons. The number of hydrogen-bond acceptors (Lipinski definition) is 3. The van der Waals surface area contributed by atoms with Crippen LogP contribution in [0.25, 0.3) is 0 Å². The average molecular weight is 260 g/mol. The van der Waals surface area contributed by atoms with E-state index in [2.05, 4.69) is 10.6 Å². The summed E-state index contributed by atoms with van der Waals surface area (Å²) in [5.74, 6) is -0.189. The molecule has 1 heterocycles. The maximum atomic E-state index is 11.4. The Morgan fingerprint density at radius 2 is 2.24 bits per heavy atom. The molecule has 0 aromatic carbocycles. The van der Waals surface area contributed by atoms with Crippen molar-refractivity contribution in [2.45, 2.75) is 31.4 Å². The van der Waals surface area contributed by atoms with Gasteiger partial charge in [-0.2, -0.15) is 11.8 Å². The number of amides is 2. The predicted octanol–water partition coefficient (Wildman–Crippen LogP) is 1.29. The molecule has 1 fully saturated rings. The summed E-state index contributed by atoms with van der Waals surface area (Å²) in [4.78, 5) is 22.2. The summed E-state index contributed by atoms with van der Waals surface area (Å²) in [7, 11) is 0. The molecule has 1 aliphatic heterocycles. The molecule has 0 spiro atoms. The van der Waals surface area contributed by atoms with Crippen LogP contribution in [0.1, 0.15) is 26.2 Å². The summed E-state index contributed by atoms with van der Waals surface area (Å²) in [5, 5.41) is 14.7. The maximum Gasteiger partial charge on any atom is 0.314 e. The fourth-order valence-corrected chi connectivity index (χ4v) is 2.90. The van der Waals surface area contributed by atoms with E-state index in [1.807, 2.05) is 11.8 Å². The minimum absolute atomic E-state index is 0.190. The smallest absolute Gasteiger partial charge is 0.314 e. The SMILES string of the molecule is CCC(CNC(=O)NCC1CCCS1)C(=O)O. The second-order valence-electron chi connectivity index (χ2n) is 4.17. The van der Waals surface area contributed by atoms with Crippen molar-refractivity contribution in [1.82, 2.24) is 10.6 Å². The lowest BCUT2D eigenvalue weighted by Crippen LogP contribution is -2.41. The monoisotopic (exact) mass is 260 g/mol. The molecule has 0 aromatic rings. The Kier molecular flexibility index (Phi) is 6.18. The minimum atomic E-state index is -0.862. The zero-order valence-corrected chi connectivity index (χ0v) is 10.9. The first-order chi connectivity index (χ1) is 8.13. The van der Waals surface area contributed by atoms with Crippen LogP contribution in [0.2, 0.25) is 0 Å². The molecule has 0 saturated carbocycles. The zero-order chi connectivity index (χ0) is 12.7. The molecule has 2 unspecified atom stereocenters. The summed E-state index contributed by atoms with van der Waals surface area (Å²) >= 11 is 1.88. The van der Waals surface area contributed by atoms with Gasteiger partial charge in [-0.1, -0.05) is 6.92 Å². The number of thioether (sulfide) groups is 1. The molecule has 5 nitrogen and oxygen atoms in total. The van der Waals surface area contributed by atoms with Crippen LogP contribution in [-0.2, 0) is 4.79 Å². The highest BCUT2D eigenvalue weighted by Crippen LogP contribution is 2.25. The van der Waals surface area contributed by atoms with Crippen LogP contribution in [0, 0.1) is 5.92 Å². The Labute approximate surface area is 106 Å². The fourth-order valence-electron chi connectivity index (χ4n) is 1.70. The van der Waals surface area contributed by atoms with E-state index in [4.69, 9.17) is 5.11 Å². The molecule has 1 saturated heterocycles. The number of carboxylic acid groups (broad SMARTS) is 1. The van der Waals surface area contributed by atoms with Crippen LogP contribution in [-0.4, -0.2) is 41.2 Å². The van der Waals surface area contributed by atoms with Crippen molar-refractivity contribution in [1.29, 1.82) is 0 Å². The highest BCUT2D eigenvalue weighted by Gasteiger charge is 2.18. The van der Waals surface area contributed by atoms with E-state index < -0.39 is 11.9 Å². The van der Waals surface area contributed by atoms with Gasteiger partial charge in [0, 0.05) is 18.3 Å². The molecule has 2 amide bonds. The van der Waals surface area contributed by atoms with Gasteiger partial charge in [-0.25, -0.2) is 4.79 Å². The number of aliphatic carboxylic acids is 1. The average Bonchev–Trinajstić information content (AvgIpc) is 2.79. The van der Waals surface area contributed by atoms with E-state index in [9.17, 15) is 9.59 Å². The third-order valence-electron chi connectivity index (χ3n) is 2.87. The maximum absolute atomic E-state index is 11.4. The van der Waals surface area contributed by atoms with Gasteiger partial charge in [-0.15, -0.1) is 0 Å². The molecule has 6 heteroatoms. The fraction of sp³-hybridized carbons (Fsp3) is 0.818. The molecular formula is C11H20N2O3S. The van der Waals surface area contributed by atoms with Crippen LogP contribution in [0.5, 0.6) is 0 Å². The summed E-state index contributed by atoms with van der Waals surface area (Å²) < 4.78 is 0. The van der Waals surface area contributed by atoms with Crippen LogP contribution < -0.4 is 10.6 Å². The highest BCUT2D eigenvalue weighted by atomic mass is 32.2. The molecule has 17 heavy (non-hydrogen) atoms. The van der Waals surface area contributed by atoms with Gasteiger partial charge >= 0.3 is 12.0 Å². The second-order valence-corrected chi connectivity index (χ2v) is 5.58. The molecule has 3 N–H and O–H groups in total.